The van der Waals surface area contributed by atoms with Crippen molar-refractivity contribution in [3.05, 3.63) is 58.0 Å². The van der Waals surface area contributed by atoms with Gasteiger partial charge in [-0.05, 0) is 30.2 Å². The van der Waals surface area contributed by atoms with E-state index in [0.29, 0.717) is 17.7 Å². The summed E-state index contributed by atoms with van der Waals surface area (Å²) in [5.74, 6) is -0.793. The van der Waals surface area contributed by atoms with E-state index in [1.165, 1.54) is 20.2 Å². The third-order valence-electron chi connectivity index (χ3n) is 6.34. The number of aliphatic carboxylic acids is 1. The van der Waals surface area contributed by atoms with Gasteiger partial charge in [0.1, 0.15) is 11.7 Å². The van der Waals surface area contributed by atoms with Gasteiger partial charge in [-0.2, -0.15) is 23.3 Å². The number of H-pyrrole nitrogens is 1. The van der Waals surface area contributed by atoms with Crippen molar-refractivity contribution in [2.24, 2.45) is 0 Å². The van der Waals surface area contributed by atoms with Gasteiger partial charge in [-0.25, -0.2) is 9.78 Å². The maximum absolute atomic E-state index is 13.4. The fraction of sp³-hybridized carbons (Fsp3) is 0.375. The second kappa shape index (κ2) is 9.59. The van der Waals surface area contributed by atoms with Gasteiger partial charge in [0.15, 0.2) is 17.0 Å². The van der Waals surface area contributed by atoms with Crippen LogP contribution in [0.4, 0.5) is 19.1 Å². The molecule has 200 valence electrons. The van der Waals surface area contributed by atoms with Crippen LogP contribution in [0.25, 0.3) is 22.7 Å². The summed E-state index contributed by atoms with van der Waals surface area (Å²) in [5, 5.41) is 24.1. The first-order valence-corrected chi connectivity index (χ1v) is 11.9. The molecule has 0 aliphatic carbocycles. The molecule has 14 heteroatoms. The molecule has 1 fully saturated rings. The number of alkyl halides is 3. The first-order chi connectivity index (χ1) is 18.0. The van der Waals surface area contributed by atoms with Crippen LogP contribution < -0.4 is 10.5 Å². The maximum atomic E-state index is 13.4. The summed E-state index contributed by atoms with van der Waals surface area (Å²) in [5.41, 5.74) is -0.270. The molecule has 0 radical (unpaired) electrons. The molecule has 0 bridgehead atoms. The summed E-state index contributed by atoms with van der Waals surface area (Å²) in [6, 6.07) is 5.53. The number of aromatic amines is 1. The lowest BCUT2D eigenvalue weighted by atomic mass is 10.1. The number of nitrogens with one attached hydrogen (secondary N) is 1. The number of rotatable bonds is 7. The zero-order valence-electron chi connectivity index (χ0n) is 20.2. The van der Waals surface area contributed by atoms with Gasteiger partial charge < -0.3 is 20.1 Å². The molecular weight excluding hydrogens is 507 g/mol. The van der Waals surface area contributed by atoms with Crippen molar-refractivity contribution >= 4 is 23.1 Å². The number of nitrogens with zero attached hydrogens (tertiary/aromatic N) is 6. The summed E-state index contributed by atoms with van der Waals surface area (Å²) >= 11 is 0. The van der Waals surface area contributed by atoms with Crippen molar-refractivity contribution in [3.8, 4) is 11.5 Å². The van der Waals surface area contributed by atoms with Crippen LogP contribution in [-0.4, -0.2) is 64.2 Å². The minimum atomic E-state index is -4.45. The second-order valence-corrected chi connectivity index (χ2v) is 9.15. The number of hydrogen-bond acceptors (Lipinski definition) is 7. The average Bonchev–Trinajstić information content (AvgIpc) is 3.59. The Balaban J connectivity index is 1.49. The average molecular weight is 531 g/mol. The molecule has 38 heavy (non-hydrogen) atoms. The van der Waals surface area contributed by atoms with Gasteiger partial charge in [0.2, 0.25) is 5.95 Å². The fourth-order valence-corrected chi connectivity index (χ4v) is 4.62. The molecule has 1 aliphatic heterocycles. The van der Waals surface area contributed by atoms with Crippen LogP contribution in [0.5, 0.6) is 0 Å². The number of imidazole rings is 1. The zero-order chi connectivity index (χ0) is 27.2. The highest BCUT2D eigenvalue weighted by Gasteiger charge is 2.38. The van der Waals surface area contributed by atoms with Crippen LogP contribution in [0.1, 0.15) is 30.9 Å². The Morgan fingerprint density at radius 3 is 2.74 bits per heavy atom. The summed E-state index contributed by atoms with van der Waals surface area (Å²) in [7, 11) is 0. The summed E-state index contributed by atoms with van der Waals surface area (Å²) in [6.45, 7) is 2.24. The third-order valence-corrected chi connectivity index (χ3v) is 6.34. The standard InChI is InChI=1S/C24H24F3N7O4/c1-2-7-33-21(36)18-20(30-23(33)34-12-15(35)10-17(34)22(37)38)29-19(28-18)16-6-8-32(31-16)11-13-4-3-5-14(9-13)24(25,26)27/h3-6,8-9,15,17,35H,2,7,10-12H2,1H3,(H,28,29)(H,37,38)/t15-,17-/m1/s1. The van der Waals surface area contributed by atoms with Gasteiger partial charge in [0.25, 0.3) is 5.56 Å². The van der Waals surface area contributed by atoms with Crippen LogP contribution in [0.15, 0.2) is 41.3 Å². The number of carbonyl (C=O) groups is 1. The second-order valence-electron chi connectivity index (χ2n) is 9.15. The van der Waals surface area contributed by atoms with Gasteiger partial charge in [0.05, 0.1) is 18.2 Å². The number of β-amino-alcohol motifs (C(OH)–C–C–N with tert-alkyl or cyclic N) is 1. The Labute approximate surface area is 213 Å². The molecule has 0 spiro atoms. The van der Waals surface area contributed by atoms with Crippen LogP contribution in [-0.2, 0) is 24.1 Å². The minimum Gasteiger partial charge on any atom is -0.480 e. The highest BCUT2D eigenvalue weighted by Crippen LogP contribution is 2.30. The van der Waals surface area contributed by atoms with Crippen LogP contribution in [0.2, 0.25) is 0 Å². The van der Waals surface area contributed by atoms with Gasteiger partial charge in [0, 0.05) is 25.7 Å². The van der Waals surface area contributed by atoms with Gasteiger partial charge in [-0.3, -0.25) is 14.0 Å². The molecule has 2 atom stereocenters. The topological polar surface area (TPSA) is 142 Å². The minimum absolute atomic E-state index is 0.00446. The van der Waals surface area contributed by atoms with E-state index in [1.54, 1.807) is 18.3 Å². The summed E-state index contributed by atoms with van der Waals surface area (Å²) in [4.78, 5) is 38.4. The predicted octanol–water partition coefficient (Wildman–Crippen LogP) is 2.48. The quantitative estimate of drug-likeness (QED) is 0.330. The first kappa shape index (κ1) is 25.4. The summed E-state index contributed by atoms with van der Waals surface area (Å²) in [6.07, 6.45) is -3.16. The molecule has 4 aromatic rings. The van der Waals surface area contributed by atoms with Crippen LogP contribution in [0.3, 0.4) is 0 Å². The van der Waals surface area contributed by atoms with E-state index in [4.69, 9.17) is 0 Å². The number of hydrogen-bond donors (Lipinski definition) is 3. The van der Waals surface area contributed by atoms with Crippen molar-refractivity contribution in [2.45, 2.75) is 51.2 Å². The Morgan fingerprint density at radius 2 is 2.03 bits per heavy atom. The van der Waals surface area contributed by atoms with Crippen molar-refractivity contribution in [1.29, 1.82) is 0 Å². The molecule has 11 nitrogen and oxygen atoms in total. The fourth-order valence-electron chi connectivity index (χ4n) is 4.62. The Bertz CT molecular complexity index is 1560. The molecule has 0 amide bonds. The largest absolute Gasteiger partial charge is 0.480 e. The lowest BCUT2D eigenvalue weighted by molar-refractivity contribution is -0.139. The monoisotopic (exact) mass is 531 g/mol. The van der Waals surface area contributed by atoms with E-state index < -0.39 is 35.4 Å². The molecule has 1 saturated heterocycles. The van der Waals surface area contributed by atoms with Gasteiger partial charge in [-0.15, -0.1) is 0 Å². The van der Waals surface area contributed by atoms with E-state index in [2.05, 4.69) is 20.1 Å². The highest BCUT2D eigenvalue weighted by atomic mass is 19.4. The number of carboxylic acid groups (broad SMARTS) is 1. The van der Waals surface area contributed by atoms with Crippen LogP contribution >= 0.6 is 0 Å². The molecule has 0 saturated carbocycles. The van der Waals surface area contributed by atoms with E-state index >= 15 is 0 Å². The number of aliphatic hydroxyl groups is 1. The number of aliphatic hydroxyl groups excluding tert-OH is 1. The molecule has 0 unspecified atom stereocenters. The van der Waals surface area contributed by atoms with E-state index in [9.17, 15) is 33.0 Å². The van der Waals surface area contributed by atoms with Crippen molar-refractivity contribution in [3.63, 3.8) is 0 Å². The number of fused-ring (bicyclic) bond motifs is 1. The lowest BCUT2D eigenvalue weighted by Gasteiger charge is -2.25. The van der Waals surface area contributed by atoms with E-state index in [-0.39, 0.29) is 49.0 Å². The van der Waals surface area contributed by atoms with E-state index in [0.717, 1.165) is 12.1 Å². The Kier molecular flexibility index (Phi) is 6.42. The number of anilines is 1. The molecule has 3 aromatic heterocycles. The number of aromatic nitrogens is 6. The maximum Gasteiger partial charge on any atom is 0.416 e. The number of halogens is 3. The molecule has 3 N–H and O–H groups in total. The lowest BCUT2D eigenvalue weighted by Crippen LogP contribution is -2.40. The SMILES string of the molecule is CCCn1c(N2C[C@H](O)C[C@@H]2C(=O)O)nc2nc(-c3ccn(Cc4cccc(C(F)(F)F)c4)n3)[nH]c2c1=O. The molecule has 5 rings (SSSR count). The normalized spacial score (nSPS) is 18.0. The van der Waals surface area contributed by atoms with Crippen molar-refractivity contribution in [2.75, 3.05) is 11.4 Å². The van der Waals surface area contributed by atoms with Crippen LogP contribution in [0, 0.1) is 0 Å². The highest BCUT2D eigenvalue weighted by molar-refractivity contribution is 5.80. The van der Waals surface area contributed by atoms with Gasteiger partial charge in [-0.1, -0.05) is 19.1 Å². The Morgan fingerprint density at radius 1 is 1.24 bits per heavy atom. The predicted molar refractivity (Wildman–Crippen MR) is 130 cm³/mol. The third kappa shape index (κ3) is 4.74. The molecular formula is C24H24F3N7O4. The summed E-state index contributed by atoms with van der Waals surface area (Å²) < 4.78 is 41.9. The van der Waals surface area contributed by atoms with E-state index in [1.807, 2.05) is 6.92 Å². The molecule has 1 aliphatic rings. The number of carboxylic acids is 1. The molecule has 1 aromatic carbocycles. The zero-order valence-corrected chi connectivity index (χ0v) is 20.2. The Hall–Kier alpha value is -4.20. The molecule has 4 heterocycles. The smallest absolute Gasteiger partial charge is 0.416 e. The van der Waals surface area contributed by atoms with Gasteiger partial charge >= 0.3 is 12.1 Å². The van der Waals surface area contributed by atoms with Crippen molar-refractivity contribution < 1.29 is 28.2 Å². The van der Waals surface area contributed by atoms with Crippen molar-refractivity contribution in [1.82, 2.24) is 29.3 Å². The number of benzene rings is 1. The first-order valence-electron chi connectivity index (χ1n) is 11.9.